The van der Waals surface area contributed by atoms with Crippen LogP contribution >= 0.6 is 7.82 Å². The number of unbranched alkanes of at least 4 members (excludes halogenated alkanes) is 14. The highest BCUT2D eigenvalue weighted by atomic mass is 31.2. The number of rotatable bonds is 50. The standard InChI is InChI=1S/C62H104NO7P/c1-6-8-10-12-14-16-18-20-22-24-26-28-30-32-33-35-37-39-41-43-45-47-49-51-53-55-62(64)70-61(60-69-71(65,66)68-58-56-63(3,4)5)59-67-57-54-52-50-48-46-44-42-40-38-36-34-31-29-27-25-23-21-19-17-15-13-11-9-7-2/h8-11,14-17,20-23,26-29,32-33,37,39,43,45,61H,6-7,12-13,18-19,24-25,30-31,34-36,38,40-42,44,46-60H2,1-5H3/p+1/b10-8-,11-9-,16-14-,17-15-,22-20-,23-21-,28-26-,29-27-,33-32-,39-37-,45-43-. The van der Waals surface area contributed by atoms with E-state index in [1.165, 1.54) is 64.2 Å². The number of phosphoric ester groups is 1. The Kier molecular flexibility index (Phi) is 50.4. The lowest BCUT2D eigenvalue weighted by atomic mass is 10.1. The molecule has 71 heavy (non-hydrogen) atoms. The molecule has 0 aromatic heterocycles. The van der Waals surface area contributed by atoms with Crippen molar-refractivity contribution in [1.82, 2.24) is 0 Å². The van der Waals surface area contributed by atoms with Crippen LogP contribution in [0.15, 0.2) is 134 Å². The minimum absolute atomic E-state index is 0.0731. The van der Waals surface area contributed by atoms with E-state index in [9.17, 15) is 14.3 Å². The molecule has 0 radical (unpaired) electrons. The molecular formula is C62H105NO7P+. The van der Waals surface area contributed by atoms with Crippen molar-refractivity contribution in [2.45, 2.75) is 200 Å². The molecule has 0 aliphatic carbocycles. The first-order chi connectivity index (χ1) is 34.6. The molecule has 0 fully saturated rings. The van der Waals surface area contributed by atoms with E-state index in [1.807, 2.05) is 21.1 Å². The average molecular weight is 1010 g/mol. The number of allylic oxidation sites excluding steroid dienone is 22. The van der Waals surface area contributed by atoms with Gasteiger partial charge in [-0.15, -0.1) is 0 Å². The quantitative estimate of drug-likeness (QED) is 0.0213. The number of quaternary nitrogens is 1. The molecular weight excluding hydrogens is 902 g/mol. The Morgan fingerprint density at radius 3 is 1.15 bits per heavy atom. The van der Waals surface area contributed by atoms with Gasteiger partial charge in [-0.3, -0.25) is 13.8 Å². The van der Waals surface area contributed by atoms with E-state index in [2.05, 4.69) is 148 Å². The first-order valence-electron chi connectivity index (χ1n) is 27.9. The number of hydrogen-bond acceptors (Lipinski definition) is 6. The highest BCUT2D eigenvalue weighted by Gasteiger charge is 2.26. The Morgan fingerprint density at radius 2 is 0.775 bits per heavy atom. The maximum Gasteiger partial charge on any atom is 0.472 e. The molecule has 0 aromatic carbocycles. The second-order valence-electron chi connectivity index (χ2n) is 19.2. The Labute approximate surface area is 436 Å². The zero-order chi connectivity index (χ0) is 51.9. The fraction of sp³-hybridized carbons (Fsp3) is 0.629. The van der Waals surface area contributed by atoms with Gasteiger partial charge in [0.1, 0.15) is 19.3 Å². The highest BCUT2D eigenvalue weighted by Crippen LogP contribution is 2.43. The molecule has 2 unspecified atom stereocenters. The van der Waals surface area contributed by atoms with E-state index >= 15 is 0 Å². The molecule has 1 N–H and O–H groups in total. The van der Waals surface area contributed by atoms with Gasteiger partial charge in [-0.25, -0.2) is 4.57 Å². The molecule has 0 aliphatic heterocycles. The number of carbonyl (C=O) groups is 1. The van der Waals surface area contributed by atoms with Crippen molar-refractivity contribution in [2.24, 2.45) is 0 Å². The number of hydrogen-bond donors (Lipinski definition) is 1. The van der Waals surface area contributed by atoms with E-state index in [0.717, 1.165) is 103 Å². The summed E-state index contributed by atoms with van der Waals surface area (Å²) in [6, 6.07) is 0. The Bertz CT molecular complexity index is 1590. The van der Waals surface area contributed by atoms with Crippen molar-refractivity contribution in [1.29, 1.82) is 0 Å². The summed E-state index contributed by atoms with van der Waals surface area (Å²) in [6.07, 6.45) is 78.0. The Hall–Kier alpha value is -3.36. The summed E-state index contributed by atoms with van der Waals surface area (Å²) in [5, 5.41) is 0. The summed E-state index contributed by atoms with van der Waals surface area (Å²) in [6.45, 7) is 5.32. The topological polar surface area (TPSA) is 91.3 Å². The van der Waals surface area contributed by atoms with Gasteiger partial charge >= 0.3 is 13.8 Å². The van der Waals surface area contributed by atoms with Crippen LogP contribution in [0.25, 0.3) is 0 Å². The fourth-order valence-corrected chi connectivity index (χ4v) is 7.74. The van der Waals surface area contributed by atoms with Gasteiger partial charge in [0.2, 0.25) is 0 Å². The van der Waals surface area contributed by atoms with Gasteiger partial charge in [0.15, 0.2) is 0 Å². The van der Waals surface area contributed by atoms with Crippen LogP contribution < -0.4 is 0 Å². The molecule has 0 spiro atoms. The molecule has 0 saturated carbocycles. The number of nitrogens with zero attached hydrogens (tertiary/aromatic N) is 1. The fourth-order valence-electron chi connectivity index (χ4n) is 6.99. The maximum atomic E-state index is 12.8. The number of phosphoric acid groups is 1. The van der Waals surface area contributed by atoms with Gasteiger partial charge in [-0.05, 0) is 109 Å². The van der Waals surface area contributed by atoms with Crippen molar-refractivity contribution < 1.29 is 37.3 Å². The summed E-state index contributed by atoms with van der Waals surface area (Å²) >= 11 is 0. The van der Waals surface area contributed by atoms with Gasteiger partial charge in [-0.2, -0.15) is 0 Å². The van der Waals surface area contributed by atoms with E-state index in [4.69, 9.17) is 18.5 Å². The van der Waals surface area contributed by atoms with Gasteiger partial charge in [0.25, 0.3) is 0 Å². The van der Waals surface area contributed by atoms with Crippen LogP contribution in [0.2, 0.25) is 0 Å². The normalized spacial score (nSPS) is 14.5. The Morgan fingerprint density at radius 1 is 0.437 bits per heavy atom. The lowest BCUT2D eigenvalue weighted by molar-refractivity contribution is -0.870. The van der Waals surface area contributed by atoms with Gasteiger partial charge in [0, 0.05) is 13.0 Å². The van der Waals surface area contributed by atoms with Crippen LogP contribution in [0.4, 0.5) is 0 Å². The molecule has 9 heteroatoms. The SMILES string of the molecule is CC/C=C\C/C=C\C/C=C\C/C=C\C/C=C\C/C=C\C/C=C\CCCCCC(=O)OC(COCCCCCCCCCCCCC/C=C\C/C=C\C/C=C\C/C=C\CC)COP(=O)(O)OCC[N+](C)(C)C. The van der Waals surface area contributed by atoms with E-state index < -0.39 is 13.9 Å². The predicted molar refractivity (Wildman–Crippen MR) is 306 cm³/mol. The lowest BCUT2D eigenvalue weighted by Crippen LogP contribution is -2.37. The summed E-state index contributed by atoms with van der Waals surface area (Å²) < 4.78 is 35.2. The first kappa shape index (κ1) is 67.6. The van der Waals surface area contributed by atoms with Crippen molar-refractivity contribution in [3.05, 3.63) is 134 Å². The molecule has 0 aromatic rings. The number of likely N-dealkylation sites (N-methyl/N-ethyl adjacent to an activating group) is 1. The van der Waals surface area contributed by atoms with Crippen molar-refractivity contribution in [2.75, 3.05) is 54.1 Å². The third-order valence-electron chi connectivity index (χ3n) is 11.2. The molecule has 0 bridgehead atoms. The molecule has 2 atom stereocenters. The summed E-state index contributed by atoms with van der Waals surface area (Å²) in [5.74, 6) is -0.351. The van der Waals surface area contributed by atoms with Crippen LogP contribution in [0.3, 0.4) is 0 Å². The zero-order valence-corrected chi connectivity index (χ0v) is 46.8. The van der Waals surface area contributed by atoms with Crippen LogP contribution in [0, 0.1) is 0 Å². The predicted octanol–water partition coefficient (Wildman–Crippen LogP) is 17.8. The molecule has 0 heterocycles. The molecule has 0 aliphatic rings. The highest BCUT2D eigenvalue weighted by molar-refractivity contribution is 7.47. The van der Waals surface area contributed by atoms with Crippen molar-refractivity contribution in [3.63, 3.8) is 0 Å². The van der Waals surface area contributed by atoms with Gasteiger partial charge in [0.05, 0.1) is 34.4 Å². The van der Waals surface area contributed by atoms with Crippen LogP contribution in [-0.2, 0) is 27.9 Å². The third kappa shape index (κ3) is 57.4. The summed E-state index contributed by atoms with van der Waals surface area (Å²) in [4.78, 5) is 23.1. The van der Waals surface area contributed by atoms with E-state index in [1.54, 1.807) is 0 Å². The summed E-state index contributed by atoms with van der Waals surface area (Å²) in [7, 11) is 1.62. The first-order valence-corrected chi connectivity index (χ1v) is 29.4. The molecule has 0 amide bonds. The van der Waals surface area contributed by atoms with Crippen LogP contribution in [0.5, 0.6) is 0 Å². The minimum atomic E-state index is -4.31. The molecule has 0 saturated heterocycles. The largest absolute Gasteiger partial charge is 0.472 e. The zero-order valence-electron chi connectivity index (χ0n) is 45.9. The second-order valence-corrected chi connectivity index (χ2v) is 20.7. The second kappa shape index (κ2) is 52.9. The molecule has 404 valence electrons. The van der Waals surface area contributed by atoms with E-state index in [0.29, 0.717) is 24.1 Å². The number of ether oxygens (including phenoxy) is 2. The Balaban J connectivity index is 4.22. The minimum Gasteiger partial charge on any atom is -0.457 e. The van der Waals surface area contributed by atoms with Crippen LogP contribution in [-0.4, -0.2) is 75.6 Å². The van der Waals surface area contributed by atoms with Crippen LogP contribution in [0.1, 0.15) is 194 Å². The van der Waals surface area contributed by atoms with Gasteiger partial charge < -0.3 is 18.9 Å². The smallest absolute Gasteiger partial charge is 0.457 e. The monoisotopic (exact) mass is 1010 g/mol. The third-order valence-corrected chi connectivity index (χ3v) is 12.2. The van der Waals surface area contributed by atoms with Gasteiger partial charge in [-0.1, -0.05) is 212 Å². The summed E-state index contributed by atoms with van der Waals surface area (Å²) in [5.41, 5.74) is 0. The van der Waals surface area contributed by atoms with E-state index in [-0.39, 0.29) is 32.2 Å². The average Bonchev–Trinajstić information content (AvgIpc) is 3.33. The maximum absolute atomic E-state index is 12.8. The molecule has 0 rings (SSSR count). The number of esters is 1. The molecule has 8 nitrogen and oxygen atoms in total. The van der Waals surface area contributed by atoms with Crippen molar-refractivity contribution >= 4 is 13.8 Å². The van der Waals surface area contributed by atoms with Crippen molar-refractivity contribution in [3.8, 4) is 0 Å². The lowest BCUT2D eigenvalue weighted by Gasteiger charge is -2.24. The number of carbonyl (C=O) groups excluding carboxylic acids is 1.